The molecule has 13 heteroatoms. The number of benzene rings is 2. The van der Waals surface area contributed by atoms with Gasteiger partial charge in [0.1, 0.15) is 0 Å². The number of allylic oxidation sites excluding steroid dienone is 3. The van der Waals surface area contributed by atoms with Gasteiger partial charge in [-0.25, -0.2) is 0 Å². The molecule has 2 bridgehead atoms. The third kappa shape index (κ3) is 61.9. The third-order valence-electron chi connectivity index (χ3n) is 17.6. The minimum atomic E-state index is 0.911. The maximum Gasteiger partial charge on any atom is 0.0487 e. The summed E-state index contributed by atoms with van der Waals surface area (Å²) in [4.78, 5) is 3.78. The van der Waals surface area contributed by atoms with E-state index in [-0.39, 0.29) is 0 Å². The summed E-state index contributed by atoms with van der Waals surface area (Å²) >= 11 is 2.09. The molecule has 95 heavy (non-hydrogen) atoms. The minimum absolute atomic E-state index is 0.911. The molecule has 0 spiro atoms. The van der Waals surface area contributed by atoms with E-state index in [0.717, 1.165) is 58.0 Å². The Morgan fingerprint density at radius 1 is 0.337 bits per heavy atom. The summed E-state index contributed by atoms with van der Waals surface area (Å²) in [5.74, 6) is 2.83. The van der Waals surface area contributed by atoms with E-state index < -0.39 is 0 Å². The zero-order chi connectivity index (χ0) is 66.7. The van der Waals surface area contributed by atoms with Gasteiger partial charge in [0, 0.05) is 76.3 Å². The van der Waals surface area contributed by atoms with Gasteiger partial charge in [0.2, 0.25) is 0 Å². The van der Waals surface area contributed by atoms with Crippen LogP contribution in [-0.4, -0.2) is 124 Å². The first kappa shape index (κ1) is 85.1. The molecule has 4 aromatic rings. The fourth-order valence-electron chi connectivity index (χ4n) is 11.6. The molecule has 0 amide bonds. The van der Waals surface area contributed by atoms with Crippen molar-refractivity contribution in [3.8, 4) is 0 Å². The minimum Gasteiger partial charge on any atom is -0.391 e. The fraction of sp³-hybridized carbons (Fsp3) is 0.683. The van der Waals surface area contributed by atoms with Gasteiger partial charge < -0.3 is 47.3 Å². The first-order valence-corrected chi connectivity index (χ1v) is 40.3. The first-order valence-electron chi connectivity index (χ1n) is 39.1. The SMILES string of the molecule is C1=CCCC1.C1=CCNCC1.C1=CNCCC1.C1CC2CCC(C1)N2.C1CCCC1.C1CCCCC1.C1CCNC1.C1CCNCC1.C1CCNCC1.C1CCOCC1.C1CCSCC1.C1CNC1.c1ccc2c(c1)CNC2.c1ccccc1.c1ccncc1.c1cn[nH]c1. The molecule has 13 heterocycles. The lowest BCUT2D eigenvalue weighted by Crippen LogP contribution is -2.33. The van der Waals surface area contributed by atoms with Gasteiger partial charge in [0.15, 0.2) is 0 Å². The number of hydrogen-bond donors (Lipinski definition) is 9. The molecule has 8 saturated heterocycles. The van der Waals surface area contributed by atoms with Crippen LogP contribution in [0.5, 0.6) is 0 Å². The van der Waals surface area contributed by atoms with Crippen molar-refractivity contribution < 1.29 is 4.74 Å². The molecule has 14 aliphatic rings. The van der Waals surface area contributed by atoms with E-state index in [1.165, 1.54) is 313 Å². The monoisotopic (exact) mass is 1330 g/mol. The molecule has 538 valence electrons. The van der Waals surface area contributed by atoms with Crippen molar-refractivity contribution in [2.45, 2.75) is 263 Å². The van der Waals surface area contributed by atoms with Gasteiger partial charge in [-0.3, -0.25) is 10.1 Å². The Morgan fingerprint density at radius 3 is 0.989 bits per heavy atom. The van der Waals surface area contributed by atoms with E-state index in [2.05, 4.69) is 124 Å². The van der Waals surface area contributed by atoms with Crippen LogP contribution in [0.4, 0.5) is 0 Å². The Balaban J connectivity index is 0.000000265. The number of nitrogens with zero attached hydrogens (tertiary/aromatic N) is 2. The quantitative estimate of drug-likeness (QED) is 0.0773. The zero-order valence-corrected chi connectivity index (χ0v) is 61.2. The van der Waals surface area contributed by atoms with E-state index in [1.54, 1.807) is 24.8 Å². The number of rotatable bonds is 0. The maximum absolute atomic E-state index is 5.07. The molecule has 2 atom stereocenters. The van der Waals surface area contributed by atoms with E-state index in [1.807, 2.05) is 66.9 Å². The second kappa shape index (κ2) is 72.6. The Kier molecular flexibility index (Phi) is 65.0. The standard InChI is InChI=1S/C8H9N.C7H13N.C6H12.C6H6.2C5H11N.2C5H9N.C5H5N.C5H10O.C5H10S.C5H10.C5H8.C4H9N.C3H4N2.C3H7N/c1-2-4-8-6-9-5-7(8)3-1;1-2-6-4-5-7(3-1)8-6;9*1-2-4-6-5-3-1;4*1-2-4-5-3-1;1-2-4-3-1/h1-4,9H,5-6H2;6-8H,1-5H2;1-6H2;1-6H;2*6H,1-5H2;2,4,6H,1,3,5H2;1-2,6H,3-5H2;1-5H;2*1-5H2;1-5H2;1-2H,3-5H2;5H,1-4H2;1-3H,(H,4,5);4H,1-3H2. The van der Waals surface area contributed by atoms with Crippen LogP contribution in [0.25, 0.3) is 0 Å². The summed E-state index contributed by atoms with van der Waals surface area (Å²) in [5.41, 5.74) is 2.91. The smallest absolute Gasteiger partial charge is 0.0487 e. The summed E-state index contributed by atoms with van der Waals surface area (Å²) in [7, 11) is 0. The van der Waals surface area contributed by atoms with Gasteiger partial charge in [-0.1, -0.05) is 193 Å². The van der Waals surface area contributed by atoms with Gasteiger partial charge >= 0.3 is 0 Å². The molecular weight excluding hydrogens is 1190 g/mol. The predicted octanol–water partition coefficient (Wildman–Crippen LogP) is 18.2. The van der Waals surface area contributed by atoms with Crippen LogP contribution in [0.1, 0.15) is 249 Å². The van der Waals surface area contributed by atoms with Crippen molar-refractivity contribution in [2.24, 2.45) is 0 Å². The number of thioether (sulfide) groups is 1. The van der Waals surface area contributed by atoms with E-state index in [4.69, 9.17) is 4.74 Å². The van der Waals surface area contributed by atoms with Crippen molar-refractivity contribution in [2.75, 3.05) is 96.7 Å². The Bertz CT molecular complexity index is 1780. The maximum atomic E-state index is 5.07. The Labute approximate surface area is 587 Å². The van der Waals surface area contributed by atoms with Crippen molar-refractivity contribution in [1.82, 2.24) is 57.7 Å². The van der Waals surface area contributed by atoms with Crippen LogP contribution in [0.3, 0.4) is 0 Å². The number of H-pyrrole nitrogens is 1. The van der Waals surface area contributed by atoms with Gasteiger partial charge in [0.25, 0.3) is 0 Å². The van der Waals surface area contributed by atoms with E-state index in [9.17, 15) is 0 Å². The van der Waals surface area contributed by atoms with Crippen LogP contribution >= 0.6 is 11.8 Å². The lowest BCUT2D eigenvalue weighted by Gasteiger charge is -2.19. The number of ether oxygens (including phenoxy) is 1. The van der Waals surface area contributed by atoms with Crippen LogP contribution < -0.4 is 42.5 Å². The topological polar surface area (TPSA) is 147 Å². The average molecular weight is 1330 g/mol. The number of piperidine rings is 3. The zero-order valence-electron chi connectivity index (χ0n) is 60.4. The number of nitrogens with one attached hydrogen (secondary N) is 9. The highest BCUT2D eigenvalue weighted by atomic mass is 32.2. The number of pyridine rings is 1. The summed E-state index contributed by atoms with van der Waals surface area (Å²) in [5, 5.41) is 32.3. The molecule has 2 unspecified atom stereocenters. The fourth-order valence-corrected chi connectivity index (χ4v) is 12.6. The lowest BCUT2D eigenvalue weighted by molar-refractivity contribution is 0.0968. The second-order valence-corrected chi connectivity index (χ2v) is 27.4. The van der Waals surface area contributed by atoms with Crippen molar-refractivity contribution in [1.29, 1.82) is 0 Å². The lowest BCUT2D eigenvalue weighted by atomic mass is 10.0. The van der Waals surface area contributed by atoms with Crippen LogP contribution in [0, 0.1) is 0 Å². The van der Waals surface area contributed by atoms with Crippen LogP contribution in [0.2, 0.25) is 0 Å². The Hall–Kier alpha value is -4.15. The van der Waals surface area contributed by atoms with Gasteiger partial charge in [-0.2, -0.15) is 16.9 Å². The third-order valence-corrected chi connectivity index (χ3v) is 18.7. The van der Waals surface area contributed by atoms with Crippen molar-refractivity contribution >= 4 is 11.8 Å². The molecule has 18 rings (SSSR count). The molecule has 2 saturated carbocycles. The number of aromatic amines is 1. The van der Waals surface area contributed by atoms with Crippen LogP contribution in [0.15, 0.2) is 146 Å². The second-order valence-electron chi connectivity index (χ2n) is 26.2. The molecule has 10 fully saturated rings. The van der Waals surface area contributed by atoms with Crippen molar-refractivity contribution in [3.63, 3.8) is 0 Å². The molecule has 0 radical (unpaired) electrons. The summed E-state index contributed by atoms with van der Waals surface area (Å²) < 4.78 is 5.07. The molecule has 9 N–H and O–H groups in total. The largest absolute Gasteiger partial charge is 0.391 e. The highest BCUT2D eigenvalue weighted by Crippen LogP contribution is 2.26. The highest BCUT2D eigenvalue weighted by molar-refractivity contribution is 7.99. The number of fused-ring (bicyclic) bond motifs is 3. The van der Waals surface area contributed by atoms with Gasteiger partial charge in [0.05, 0.1) is 0 Å². The Morgan fingerprint density at radius 2 is 0.779 bits per heavy atom. The number of aromatic nitrogens is 3. The van der Waals surface area contributed by atoms with Gasteiger partial charge in [-0.15, -0.1) is 0 Å². The van der Waals surface area contributed by atoms with Crippen LogP contribution in [-0.2, 0) is 17.8 Å². The predicted molar refractivity (Wildman–Crippen MR) is 416 cm³/mol. The summed E-state index contributed by atoms with van der Waals surface area (Å²) in [6, 6.07) is 29.9. The average Bonchev–Trinajstić information content (AvgIpc) is 2.15. The van der Waals surface area contributed by atoms with Crippen molar-refractivity contribution in [3.05, 3.63) is 157 Å². The normalized spacial score (nSPS) is 21.5. The molecule has 2 aromatic heterocycles. The molecule has 2 aromatic carbocycles. The summed E-state index contributed by atoms with van der Waals surface area (Å²) in [6.45, 7) is 17.5. The molecule has 11 aliphatic heterocycles. The highest BCUT2D eigenvalue weighted by Gasteiger charge is 2.26. The summed E-state index contributed by atoms with van der Waals surface area (Å²) in [6.07, 6.45) is 72.4. The number of hydrogen-bond acceptors (Lipinski definition) is 12. The molecule has 3 aliphatic carbocycles. The molecular formula is C82H143N11OS. The first-order chi connectivity index (χ1) is 47.4. The van der Waals surface area contributed by atoms with E-state index in [0.29, 0.717) is 0 Å². The van der Waals surface area contributed by atoms with Gasteiger partial charge in [-0.05, 0) is 247 Å². The van der Waals surface area contributed by atoms with E-state index >= 15 is 0 Å². The molecule has 12 nitrogen and oxygen atoms in total.